The molecular weight excluding hydrogens is 697 g/mol. The minimum atomic E-state index is -0.634. The lowest BCUT2D eigenvalue weighted by atomic mass is 9.84. The van der Waals surface area contributed by atoms with Crippen molar-refractivity contribution < 1.29 is 38.0 Å². The Bertz CT molecular complexity index is 1720. The summed E-state index contributed by atoms with van der Waals surface area (Å²) in [6, 6.07) is 28.6. The lowest BCUT2D eigenvalue weighted by Crippen LogP contribution is -2.55. The van der Waals surface area contributed by atoms with Crippen LogP contribution in [0.25, 0.3) is 10.9 Å². The second-order valence-electron chi connectivity index (χ2n) is 15.4. The Hall–Kier alpha value is -4.06. The van der Waals surface area contributed by atoms with Gasteiger partial charge in [-0.15, -0.1) is 0 Å². The number of pyridine rings is 1. The first-order valence-electron chi connectivity index (χ1n) is 19.9. The Morgan fingerprint density at radius 2 is 1.56 bits per heavy atom. The van der Waals surface area contributed by atoms with E-state index in [2.05, 4.69) is 47.4 Å². The maximum atomic E-state index is 13.5. The molecule has 1 amide bonds. The van der Waals surface area contributed by atoms with Gasteiger partial charge in [-0.25, -0.2) is 4.79 Å². The molecule has 0 radical (unpaired) electrons. The van der Waals surface area contributed by atoms with Crippen LogP contribution in [0.5, 0.6) is 5.75 Å². The van der Waals surface area contributed by atoms with Gasteiger partial charge >= 0.3 is 6.09 Å². The van der Waals surface area contributed by atoms with Crippen LogP contribution in [-0.2, 0) is 41.6 Å². The van der Waals surface area contributed by atoms with Crippen molar-refractivity contribution in [3.05, 3.63) is 108 Å². The summed E-state index contributed by atoms with van der Waals surface area (Å²) in [4.78, 5) is 19.8. The van der Waals surface area contributed by atoms with E-state index in [0.717, 1.165) is 78.5 Å². The molecule has 296 valence electrons. The Labute approximate surface area is 326 Å². The van der Waals surface area contributed by atoms with Crippen molar-refractivity contribution in [1.82, 2.24) is 9.88 Å². The molecule has 0 N–H and O–H groups in total. The fourth-order valence-electron chi connectivity index (χ4n) is 7.00. The predicted octanol–water partition coefficient (Wildman–Crippen LogP) is 8.85. The van der Waals surface area contributed by atoms with Crippen molar-refractivity contribution >= 4 is 17.0 Å². The molecule has 4 atom stereocenters. The van der Waals surface area contributed by atoms with Gasteiger partial charge in [0, 0.05) is 43.7 Å². The average molecular weight is 755 g/mol. The second-order valence-corrected chi connectivity index (χ2v) is 15.4. The summed E-state index contributed by atoms with van der Waals surface area (Å²) in [6.45, 7) is 10.4. The summed E-state index contributed by atoms with van der Waals surface area (Å²) in [7, 11) is 0. The number of likely N-dealkylation sites (tertiary alicyclic amines) is 1. The zero-order valence-electron chi connectivity index (χ0n) is 32.7. The highest BCUT2D eigenvalue weighted by molar-refractivity contribution is 5.78. The number of hydrogen-bond donors (Lipinski definition) is 0. The molecule has 2 aliphatic heterocycles. The van der Waals surface area contributed by atoms with Crippen molar-refractivity contribution in [2.45, 2.75) is 103 Å². The van der Waals surface area contributed by atoms with Gasteiger partial charge in [0.2, 0.25) is 0 Å². The molecule has 3 heterocycles. The van der Waals surface area contributed by atoms with Gasteiger partial charge in [0.15, 0.2) is 6.29 Å². The molecule has 3 aromatic carbocycles. The van der Waals surface area contributed by atoms with E-state index in [1.54, 1.807) is 11.1 Å². The van der Waals surface area contributed by atoms with Crippen molar-refractivity contribution in [1.29, 1.82) is 0 Å². The molecule has 0 spiro atoms. The zero-order chi connectivity index (χ0) is 38.3. The summed E-state index contributed by atoms with van der Waals surface area (Å²) in [5.74, 6) is 0.642. The molecule has 2 saturated heterocycles. The van der Waals surface area contributed by atoms with Crippen LogP contribution in [0.2, 0.25) is 0 Å². The quantitative estimate of drug-likeness (QED) is 0.0924. The number of amides is 1. The normalized spacial score (nSPS) is 20.4. The van der Waals surface area contributed by atoms with E-state index in [4.69, 9.17) is 33.2 Å². The SMILES string of the molecule is CC(C)(C)OC(=O)N1CC(OCCCCOC2CCCCO2)C(c2ccc(OCCCOCc3ccccc3)cc2)C(OCc2ccc3cccnc3c2)C1. The van der Waals surface area contributed by atoms with Gasteiger partial charge in [-0.1, -0.05) is 60.7 Å². The summed E-state index contributed by atoms with van der Waals surface area (Å²) in [5, 5.41) is 1.07. The first-order chi connectivity index (χ1) is 26.8. The Morgan fingerprint density at radius 1 is 0.782 bits per heavy atom. The lowest BCUT2D eigenvalue weighted by molar-refractivity contribution is -0.163. The number of carbonyl (C=O) groups excluding carboxylic acids is 1. The molecule has 4 aromatic rings. The van der Waals surface area contributed by atoms with E-state index in [-0.39, 0.29) is 30.5 Å². The number of piperidine rings is 1. The molecule has 10 nitrogen and oxygen atoms in total. The molecule has 1 aromatic heterocycles. The maximum absolute atomic E-state index is 13.5. The third-order valence-electron chi connectivity index (χ3n) is 9.78. The van der Waals surface area contributed by atoms with Crippen LogP contribution in [0.4, 0.5) is 4.79 Å². The Kier molecular flexibility index (Phi) is 15.3. The molecule has 2 aliphatic rings. The van der Waals surface area contributed by atoms with Crippen molar-refractivity contribution in [3.8, 4) is 5.75 Å². The topological polar surface area (TPSA) is 97.8 Å². The highest BCUT2D eigenvalue weighted by Crippen LogP contribution is 2.35. The average Bonchev–Trinajstić information content (AvgIpc) is 3.20. The zero-order valence-corrected chi connectivity index (χ0v) is 32.7. The molecular formula is C45H58N2O8. The number of nitrogens with zero attached hydrogens (tertiary/aromatic N) is 2. The minimum Gasteiger partial charge on any atom is -0.494 e. The number of unbranched alkanes of at least 4 members (excludes halogenated alkanes) is 1. The lowest BCUT2D eigenvalue weighted by Gasteiger charge is -2.43. The van der Waals surface area contributed by atoms with Crippen LogP contribution in [0.15, 0.2) is 91.1 Å². The van der Waals surface area contributed by atoms with E-state index in [0.29, 0.717) is 52.7 Å². The Morgan fingerprint density at radius 3 is 2.33 bits per heavy atom. The second kappa shape index (κ2) is 20.7. The van der Waals surface area contributed by atoms with E-state index in [9.17, 15) is 4.79 Å². The molecule has 55 heavy (non-hydrogen) atoms. The molecule has 10 heteroatoms. The van der Waals surface area contributed by atoms with Crippen LogP contribution in [0, 0.1) is 0 Å². The number of aromatic nitrogens is 1. The van der Waals surface area contributed by atoms with E-state index >= 15 is 0 Å². The van der Waals surface area contributed by atoms with Crippen LogP contribution in [-0.4, -0.2) is 86.2 Å². The maximum Gasteiger partial charge on any atom is 0.410 e. The van der Waals surface area contributed by atoms with Gasteiger partial charge in [-0.2, -0.15) is 0 Å². The van der Waals surface area contributed by atoms with Gasteiger partial charge in [0.1, 0.15) is 11.4 Å². The smallest absolute Gasteiger partial charge is 0.410 e. The van der Waals surface area contributed by atoms with E-state index < -0.39 is 5.60 Å². The number of hydrogen-bond acceptors (Lipinski definition) is 9. The molecule has 0 aliphatic carbocycles. The predicted molar refractivity (Wildman–Crippen MR) is 212 cm³/mol. The van der Waals surface area contributed by atoms with Crippen molar-refractivity contribution in [2.24, 2.45) is 0 Å². The summed E-state index contributed by atoms with van der Waals surface area (Å²) in [6.07, 6.45) is 6.27. The number of carbonyl (C=O) groups is 1. The minimum absolute atomic E-state index is 0.101. The molecule has 0 saturated carbocycles. The van der Waals surface area contributed by atoms with Gasteiger partial charge < -0.3 is 38.1 Å². The van der Waals surface area contributed by atoms with Gasteiger partial charge in [-0.05, 0) is 93.8 Å². The molecule has 0 bridgehead atoms. The van der Waals surface area contributed by atoms with Crippen LogP contribution in [0.3, 0.4) is 0 Å². The molecule has 2 fully saturated rings. The van der Waals surface area contributed by atoms with Gasteiger partial charge in [-0.3, -0.25) is 4.98 Å². The van der Waals surface area contributed by atoms with Gasteiger partial charge in [0.25, 0.3) is 0 Å². The first kappa shape index (κ1) is 40.6. The number of ether oxygens (including phenoxy) is 7. The fourth-order valence-corrected chi connectivity index (χ4v) is 7.00. The third kappa shape index (κ3) is 13.0. The van der Waals surface area contributed by atoms with Crippen molar-refractivity contribution in [3.63, 3.8) is 0 Å². The number of rotatable bonds is 18. The molecule has 6 rings (SSSR count). The van der Waals surface area contributed by atoms with E-state index in [1.165, 1.54) is 0 Å². The van der Waals surface area contributed by atoms with Crippen LogP contribution < -0.4 is 4.74 Å². The summed E-state index contributed by atoms with van der Waals surface area (Å²) < 4.78 is 42.9. The van der Waals surface area contributed by atoms with Crippen LogP contribution >= 0.6 is 0 Å². The third-order valence-corrected chi connectivity index (χ3v) is 9.78. The first-order valence-corrected chi connectivity index (χ1v) is 19.9. The monoisotopic (exact) mass is 754 g/mol. The summed E-state index contributed by atoms with van der Waals surface area (Å²) >= 11 is 0. The largest absolute Gasteiger partial charge is 0.494 e. The number of fused-ring (bicyclic) bond motifs is 1. The van der Waals surface area contributed by atoms with Crippen molar-refractivity contribution in [2.75, 3.05) is 46.1 Å². The number of benzene rings is 3. The fraction of sp³-hybridized carbons (Fsp3) is 0.511. The molecule has 4 unspecified atom stereocenters. The van der Waals surface area contributed by atoms with Crippen LogP contribution in [0.1, 0.15) is 81.9 Å². The summed E-state index contributed by atoms with van der Waals surface area (Å²) in [5.41, 5.74) is 3.52. The highest BCUT2D eigenvalue weighted by Gasteiger charge is 2.42. The van der Waals surface area contributed by atoms with E-state index in [1.807, 2.05) is 63.2 Å². The van der Waals surface area contributed by atoms with Gasteiger partial charge in [0.05, 0.1) is 57.2 Å². The Balaban J connectivity index is 1.13. The highest BCUT2D eigenvalue weighted by atomic mass is 16.7. The standard InChI is InChI=1S/C45H58N2O8/c1-45(2,3)55-44(48)47-30-40(51-25-9-10-27-53-42-16-7-8-26-52-42)43(41(31-47)54-33-35-17-18-36-15-11-23-46-39(36)29-35)37-19-21-38(22-20-37)50-28-12-24-49-32-34-13-5-4-6-14-34/h4-6,11,13-15,17-23,29,40-43H,7-10,12,16,24-28,30-33H2,1-3H3.